The molecule has 0 radical (unpaired) electrons. The molecule has 1 unspecified atom stereocenters. The molecule has 2 aromatic carbocycles. The van der Waals surface area contributed by atoms with Gasteiger partial charge in [-0.15, -0.1) is 0 Å². The number of nitrogens with two attached hydrogens (primary N) is 1. The van der Waals surface area contributed by atoms with Gasteiger partial charge in [-0.2, -0.15) is 0 Å². The van der Waals surface area contributed by atoms with E-state index in [1.165, 1.54) is 0 Å². The van der Waals surface area contributed by atoms with E-state index in [0.717, 1.165) is 33.6 Å². The maximum atomic E-state index is 14.1. The first-order valence-electron chi connectivity index (χ1n) is 12.2. The second-order valence-corrected chi connectivity index (χ2v) is 10.7. The van der Waals surface area contributed by atoms with Crippen molar-refractivity contribution in [3.05, 3.63) is 83.7 Å². The summed E-state index contributed by atoms with van der Waals surface area (Å²) in [6.07, 6.45) is 1.60. The first kappa shape index (κ1) is 24.9. The van der Waals surface area contributed by atoms with Crippen molar-refractivity contribution in [2.75, 3.05) is 0 Å². The van der Waals surface area contributed by atoms with Crippen molar-refractivity contribution >= 4 is 12.2 Å². The molecule has 4 N–H and O–H groups in total. The smallest absolute Gasteiger partial charge is 0.408 e. The number of rotatable bonds is 4. The zero-order valence-corrected chi connectivity index (χ0v) is 21.0. The number of halogens is 2. The van der Waals surface area contributed by atoms with Crippen LogP contribution < -0.4 is 16.4 Å². The van der Waals surface area contributed by atoms with E-state index >= 15 is 0 Å². The quantitative estimate of drug-likeness (QED) is 0.400. The number of amides is 1. The van der Waals surface area contributed by atoms with E-state index in [-0.39, 0.29) is 6.17 Å². The number of alkyl halides is 2. The van der Waals surface area contributed by atoms with E-state index < -0.39 is 36.0 Å². The van der Waals surface area contributed by atoms with E-state index in [4.69, 9.17) is 15.5 Å². The molecule has 2 aliphatic rings. The molecule has 0 saturated heterocycles. The van der Waals surface area contributed by atoms with Crippen LogP contribution in [0.25, 0.3) is 28.5 Å². The van der Waals surface area contributed by atoms with E-state index in [9.17, 15) is 13.6 Å². The van der Waals surface area contributed by atoms with E-state index in [2.05, 4.69) is 10.6 Å². The summed E-state index contributed by atoms with van der Waals surface area (Å²) < 4.78 is 33.5. The van der Waals surface area contributed by atoms with Crippen molar-refractivity contribution in [3.8, 4) is 22.4 Å². The first-order chi connectivity index (χ1) is 17.4. The number of alkyl carbamates (subject to hydrolysis) is 1. The monoisotopic (exact) mass is 504 g/mol. The van der Waals surface area contributed by atoms with Crippen molar-refractivity contribution in [1.82, 2.24) is 15.6 Å². The van der Waals surface area contributed by atoms with E-state index in [1.54, 1.807) is 39.1 Å². The normalized spacial score (nSPS) is 19.2. The Morgan fingerprint density at radius 1 is 1.08 bits per heavy atom. The molecule has 3 aromatic rings. The third kappa shape index (κ3) is 5.06. The number of carbonyl (C=O) groups is 1. The Morgan fingerprint density at radius 2 is 1.76 bits per heavy atom. The number of nitrogens with one attached hydrogen (secondary N) is 2. The van der Waals surface area contributed by atoms with Crippen LogP contribution in [-0.2, 0) is 10.3 Å². The van der Waals surface area contributed by atoms with E-state index in [0.29, 0.717) is 5.56 Å². The van der Waals surface area contributed by atoms with Crippen molar-refractivity contribution in [2.45, 2.75) is 56.8 Å². The zero-order valence-electron chi connectivity index (χ0n) is 21.0. The third-order valence-corrected chi connectivity index (χ3v) is 6.59. The van der Waals surface area contributed by atoms with Crippen LogP contribution in [-0.4, -0.2) is 22.6 Å². The summed E-state index contributed by atoms with van der Waals surface area (Å²) in [4.78, 5) is 17.4. The second-order valence-electron chi connectivity index (χ2n) is 10.7. The minimum atomic E-state index is -2.85. The number of nitrogens with zero attached hydrogens (tertiary/aromatic N) is 1. The fourth-order valence-corrected chi connectivity index (χ4v) is 4.95. The predicted molar refractivity (Wildman–Crippen MR) is 139 cm³/mol. The maximum absolute atomic E-state index is 14.1. The summed E-state index contributed by atoms with van der Waals surface area (Å²) in [6, 6.07) is 19.2. The largest absolute Gasteiger partial charge is 0.444 e. The molecular formula is C29H30F2N4O2. The summed E-state index contributed by atoms with van der Waals surface area (Å²) in [5, 5.41) is 5.81. The van der Waals surface area contributed by atoms with Gasteiger partial charge in [0.2, 0.25) is 0 Å². The molecule has 6 nitrogen and oxygen atoms in total. The van der Waals surface area contributed by atoms with Crippen LogP contribution in [0, 0.1) is 0 Å². The summed E-state index contributed by atoms with van der Waals surface area (Å²) in [6.45, 7) is 5.20. The van der Waals surface area contributed by atoms with Crippen molar-refractivity contribution in [2.24, 2.45) is 5.73 Å². The molecule has 1 aliphatic heterocycles. The molecule has 0 bridgehead atoms. The summed E-state index contributed by atoms with van der Waals surface area (Å²) >= 11 is 0. The van der Waals surface area contributed by atoms with Gasteiger partial charge in [-0.1, -0.05) is 54.6 Å². The molecule has 1 aromatic heterocycles. The molecule has 1 saturated carbocycles. The number of fused-ring (bicyclic) bond motifs is 1. The predicted octanol–water partition coefficient (Wildman–Crippen LogP) is 6.10. The molecule has 5 rings (SSSR count). The second kappa shape index (κ2) is 8.95. The Labute approximate surface area is 214 Å². The molecular weight excluding hydrogens is 474 g/mol. The molecule has 0 spiro atoms. The highest BCUT2D eigenvalue weighted by atomic mass is 19.3. The Hall–Kier alpha value is -3.78. The van der Waals surface area contributed by atoms with Gasteiger partial charge in [0.25, 0.3) is 5.92 Å². The van der Waals surface area contributed by atoms with Gasteiger partial charge in [0.05, 0.1) is 16.9 Å². The number of aromatic nitrogens is 1. The van der Waals surface area contributed by atoms with Crippen LogP contribution in [0.15, 0.2) is 66.9 Å². The third-order valence-electron chi connectivity index (χ3n) is 6.59. The SMILES string of the molecule is CC(C)(C)OC(=O)NC1(c2ccc(-c3nc4c(cc3-c3ccccc3)C(N)NC=C4)cc2)CC(F)(F)C1. The molecule has 1 aliphatic carbocycles. The fraction of sp³-hybridized carbons (Fsp3) is 0.310. The standard InChI is InChI=1S/C29H30F2N4O2/c1-27(2,3)37-26(36)35-28(16-29(30,31)17-28)20-11-9-19(10-12-20)24-21(18-7-5-4-6-8-18)15-22-23(34-24)13-14-33-25(22)32/h4-15,25,33H,16-17,32H2,1-3H3,(H,35,36). The lowest BCUT2D eigenvalue weighted by Crippen LogP contribution is -2.60. The Morgan fingerprint density at radius 3 is 2.38 bits per heavy atom. The number of pyridine rings is 1. The van der Waals surface area contributed by atoms with Gasteiger partial charge in [-0.25, -0.2) is 18.6 Å². The Balaban J connectivity index is 1.52. The van der Waals surface area contributed by atoms with Crippen LogP contribution in [0.5, 0.6) is 0 Å². The molecule has 2 heterocycles. The fourth-order valence-electron chi connectivity index (χ4n) is 4.95. The van der Waals surface area contributed by atoms with Crippen molar-refractivity contribution < 1.29 is 18.3 Å². The lowest BCUT2D eigenvalue weighted by atomic mass is 9.69. The lowest BCUT2D eigenvalue weighted by Gasteiger charge is -2.48. The Kier molecular flexibility index (Phi) is 6.02. The molecule has 8 heteroatoms. The highest BCUT2D eigenvalue weighted by molar-refractivity contribution is 5.83. The average Bonchev–Trinajstić information content (AvgIpc) is 2.82. The molecule has 1 fully saturated rings. The van der Waals surface area contributed by atoms with Crippen molar-refractivity contribution in [3.63, 3.8) is 0 Å². The van der Waals surface area contributed by atoms with Crippen LogP contribution in [0.1, 0.15) is 56.6 Å². The first-order valence-corrected chi connectivity index (χ1v) is 12.2. The number of benzene rings is 2. The van der Waals surface area contributed by atoms with Gasteiger partial charge in [0, 0.05) is 35.7 Å². The average molecular weight is 505 g/mol. The molecule has 1 amide bonds. The van der Waals surface area contributed by atoms with Crippen LogP contribution in [0.3, 0.4) is 0 Å². The number of carbonyl (C=O) groups excluding carboxylic acids is 1. The molecule has 1 atom stereocenters. The summed E-state index contributed by atoms with van der Waals surface area (Å²) in [7, 11) is 0. The van der Waals surface area contributed by atoms with Gasteiger partial charge in [0.15, 0.2) is 0 Å². The number of hydrogen-bond donors (Lipinski definition) is 3. The summed E-state index contributed by atoms with van der Waals surface area (Å²) in [5.74, 6) is -2.85. The van der Waals surface area contributed by atoms with Crippen LogP contribution in [0.2, 0.25) is 0 Å². The van der Waals surface area contributed by atoms with Gasteiger partial charge in [-0.05, 0) is 44.0 Å². The lowest BCUT2D eigenvalue weighted by molar-refractivity contribution is -0.136. The summed E-state index contributed by atoms with van der Waals surface area (Å²) in [5.41, 5.74) is 10.1. The van der Waals surface area contributed by atoms with Gasteiger partial charge in [-0.3, -0.25) is 0 Å². The Bertz CT molecular complexity index is 1340. The highest BCUT2D eigenvalue weighted by Crippen LogP contribution is 2.52. The van der Waals surface area contributed by atoms with Crippen LogP contribution >= 0.6 is 0 Å². The van der Waals surface area contributed by atoms with E-state index in [1.807, 2.05) is 54.6 Å². The zero-order chi connectivity index (χ0) is 26.4. The molecule has 192 valence electrons. The minimum absolute atomic E-state index is 0.370. The number of ether oxygens (including phenoxy) is 1. The van der Waals surface area contributed by atoms with Crippen LogP contribution in [0.4, 0.5) is 13.6 Å². The van der Waals surface area contributed by atoms with Crippen molar-refractivity contribution in [1.29, 1.82) is 0 Å². The topological polar surface area (TPSA) is 89.3 Å². The van der Waals surface area contributed by atoms with Gasteiger partial charge < -0.3 is 21.1 Å². The van der Waals surface area contributed by atoms with Gasteiger partial charge in [0.1, 0.15) is 11.8 Å². The molecule has 37 heavy (non-hydrogen) atoms. The highest BCUT2D eigenvalue weighted by Gasteiger charge is 2.58. The number of hydrogen-bond acceptors (Lipinski definition) is 5. The maximum Gasteiger partial charge on any atom is 0.408 e. The minimum Gasteiger partial charge on any atom is -0.444 e. The van der Waals surface area contributed by atoms with Gasteiger partial charge >= 0.3 is 6.09 Å².